The maximum Gasteiger partial charge on any atom is 0.281 e. The maximum absolute atomic E-state index is 12.7. The number of benzene rings is 1. The number of nitro benzene ring substituents is 1. The predicted molar refractivity (Wildman–Crippen MR) is 98.6 cm³/mol. The Balaban J connectivity index is 2.51. The van der Waals surface area contributed by atoms with Crippen LogP contribution in [0.3, 0.4) is 0 Å². The lowest BCUT2D eigenvalue weighted by Gasteiger charge is -2.12. The molecule has 0 aliphatic carbocycles. The molecule has 9 nitrogen and oxygen atoms in total. The molecule has 0 atom stereocenters. The molecule has 27 heavy (non-hydrogen) atoms. The van der Waals surface area contributed by atoms with E-state index >= 15 is 0 Å². The molecule has 140 valence electrons. The smallest absolute Gasteiger partial charge is 0.281 e. The molecule has 0 aliphatic heterocycles. The standard InChI is InChI=1S/C18H19N5O4/c1-3-4-5-9-22-17(24)15(11-19)12(2)16(18(22)25)21-20-13-7-6-8-14(10-13)23(26)27/h6-8,10,24H,3-5,9H2,1-2H3. The van der Waals surface area contributed by atoms with Crippen LogP contribution < -0.4 is 5.56 Å². The van der Waals surface area contributed by atoms with Gasteiger partial charge in [0.2, 0.25) is 5.88 Å². The third-order valence-corrected chi connectivity index (χ3v) is 4.06. The Morgan fingerprint density at radius 1 is 1.33 bits per heavy atom. The largest absolute Gasteiger partial charge is 0.493 e. The third kappa shape index (κ3) is 4.36. The van der Waals surface area contributed by atoms with Gasteiger partial charge in [-0.2, -0.15) is 10.4 Å². The minimum atomic E-state index is -0.561. The number of nitrogens with zero attached hydrogens (tertiary/aromatic N) is 5. The molecule has 2 aromatic rings. The van der Waals surface area contributed by atoms with E-state index in [1.54, 1.807) is 0 Å². The van der Waals surface area contributed by atoms with Gasteiger partial charge in [-0.15, -0.1) is 5.11 Å². The minimum Gasteiger partial charge on any atom is -0.493 e. The summed E-state index contributed by atoms with van der Waals surface area (Å²) in [4.78, 5) is 23.0. The Labute approximate surface area is 155 Å². The molecule has 9 heteroatoms. The van der Waals surface area contributed by atoms with Crippen LogP contribution in [-0.4, -0.2) is 14.6 Å². The Kier molecular flexibility index (Phi) is 6.38. The van der Waals surface area contributed by atoms with E-state index < -0.39 is 10.5 Å². The second kappa shape index (κ2) is 8.71. The van der Waals surface area contributed by atoms with Gasteiger partial charge < -0.3 is 5.11 Å². The number of aromatic hydroxyl groups is 1. The molecule has 0 radical (unpaired) electrons. The van der Waals surface area contributed by atoms with Crippen LogP contribution >= 0.6 is 0 Å². The van der Waals surface area contributed by atoms with Crippen LogP contribution in [0, 0.1) is 28.4 Å². The summed E-state index contributed by atoms with van der Waals surface area (Å²) in [5.74, 6) is -0.384. The van der Waals surface area contributed by atoms with Gasteiger partial charge in [0.1, 0.15) is 11.6 Å². The molecule has 0 saturated carbocycles. The number of hydrogen-bond donors (Lipinski definition) is 1. The second-order valence-corrected chi connectivity index (χ2v) is 5.92. The number of rotatable bonds is 7. The first-order valence-electron chi connectivity index (χ1n) is 8.43. The molecule has 1 aromatic carbocycles. The lowest BCUT2D eigenvalue weighted by atomic mass is 10.1. The molecule has 1 heterocycles. The first-order chi connectivity index (χ1) is 12.9. The van der Waals surface area contributed by atoms with Crippen LogP contribution in [0.1, 0.15) is 37.3 Å². The zero-order valence-corrected chi connectivity index (χ0v) is 15.0. The van der Waals surface area contributed by atoms with Crippen molar-refractivity contribution >= 4 is 17.1 Å². The van der Waals surface area contributed by atoms with Crippen LogP contribution in [-0.2, 0) is 6.54 Å². The Morgan fingerprint density at radius 3 is 2.70 bits per heavy atom. The van der Waals surface area contributed by atoms with E-state index in [2.05, 4.69) is 10.2 Å². The van der Waals surface area contributed by atoms with Gasteiger partial charge in [0.05, 0.1) is 10.6 Å². The highest BCUT2D eigenvalue weighted by atomic mass is 16.6. The fourth-order valence-electron chi connectivity index (χ4n) is 2.56. The Bertz CT molecular complexity index is 988. The maximum atomic E-state index is 12.7. The monoisotopic (exact) mass is 369 g/mol. The lowest BCUT2D eigenvalue weighted by molar-refractivity contribution is -0.384. The van der Waals surface area contributed by atoms with Crippen molar-refractivity contribution in [3.8, 4) is 11.9 Å². The molecule has 1 aromatic heterocycles. The number of non-ortho nitro benzene ring substituents is 1. The topological polar surface area (TPSA) is 134 Å². The van der Waals surface area contributed by atoms with Gasteiger partial charge in [-0.25, -0.2) is 0 Å². The lowest BCUT2D eigenvalue weighted by Crippen LogP contribution is -2.22. The van der Waals surface area contributed by atoms with E-state index in [-0.39, 0.29) is 40.6 Å². The van der Waals surface area contributed by atoms with Gasteiger partial charge in [-0.1, -0.05) is 25.8 Å². The van der Waals surface area contributed by atoms with E-state index in [9.17, 15) is 25.3 Å². The van der Waals surface area contributed by atoms with Gasteiger partial charge in [-0.05, 0) is 19.4 Å². The van der Waals surface area contributed by atoms with E-state index in [1.165, 1.54) is 31.2 Å². The molecule has 2 rings (SSSR count). The van der Waals surface area contributed by atoms with Crippen molar-refractivity contribution in [3.63, 3.8) is 0 Å². The van der Waals surface area contributed by atoms with Crippen molar-refractivity contribution in [2.24, 2.45) is 10.2 Å². The highest BCUT2D eigenvalue weighted by Crippen LogP contribution is 2.28. The molecular weight excluding hydrogens is 350 g/mol. The average Bonchev–Trinajstić information content (AvgIpc) is 2.65. The van der Waals surface area contributed by atoms with Gasteiger partial charge in [0.25, 0.3) is 11.2 Å². The van der Waals surface area contributed by atoms with Crippen LogP contribution in [0.15, 0.2) is 39.3 Å². The van der Waals surface area contributed by atoms with Gasteiger partial charge in [-0.3, -0.25) is 19.5 Å². The van der Waals surface area contributed by atoms with Gasteiger partial charge >= 0.3 is 0 Å². The summed E-state index contributed by atoms with van der Waals surface area (Å²) in [5, 5.41) is 38.2. The summed E-state index contributed by atoms with van der Waals surface area (Å²) < 4.78 is 1.11. The molecule has 0 saturated heterocycles. The number of nitro groups is 1. The van der Waals surface area contributed by atoms with E-state index in [0.717, 1.165) is 17.4 Å². The molecule has 0 fully saturated rings. The van der Waals surface area contributed by atoms with E-state index in [4.69, 9.17) is 0 Å². The van der Waals surface area contributed by atoms with Crippen LogP contribution in [0.5, 0.6) is 5.88 Å². The Hall–Kier alpha value is -3.54. The summed E-state index contributed by atoms with van der Waals surface area (Å²) in [6, 6.07) is 7.40. The van der Waals surface area contributed by atoms with Gasteiger partial charge in [0.15, 0.2) is 5.69 Å². The first kappa shape index (κ1) is 19.8. The number of nitriles is 1. The number of aromatic nitrogens is 1. The fourth-order valence-corrected chi connectivity index (χ4v) is 2.56. The van der Waals surface area contributed by atoms with E-state index in [0.29, 0.717) is 6.42 Å². The van der Waals surface area contributed by atoms with Crippen LogP contribution in [0.4, 0.5) is 17.1 Å². The highest BCUT2D eigenvalue weighted by molar-refractivity contribution is 5.57. The molecule has 0 bridgehead atoms. The summed E-state index contributed by atoms with van der Waals surface area (Å²) >= 11 is 0. The summed E-state index contributed by atoms with van der Waals surface area (Å²) in [6.45, 7) is 3.77. The van der Waals surface area contributed by atoms with Crippen molar-refractivity contribution in [2.75, 3.05) is 0 Å². The zero-order valence-electron chi connectivity index (χ0n) is 15.0. The first-order valence-corrected chi connectivity index (χ1v) is 8.43. The van der Waals surface area contributed by atoms with E-state index in [1.807, 2.05) is 13.0 Å². The fraction of sp³-hybridized carbons (Fsp3) is 0.333. The zero-order chi connectivity index (χ0) is 20.0. The molecule has 0 aliphatic rings. The van der Waals surface area contributed by atoms with Crippen LogP contribution in [0.25, 0.3) is 0 Å². The SMILES string of the molecule is CCCCCn1c(O)c(C#N)c(C)c(N=Nc2cccc([N+](=O)[O-])c2)c1=O. The minimum absolute atomic E-state index is 0.0425. The quantitative estimate of drug-likeness (QED) is 0.337. The Morgan fingerprint density at radius 2 is 2.07 bits per heavy atom. The normalized spacial score (nSPS) is 10.9. The second-order valence-electron chi connectivity index (χ2n) is 5.92. The summed E-state index contributed by atoms with van der Waals surface area (Å²) in [6.07, 6.45) is 2.47. The number of azo groups is 1. The number of pyridine rings is 1. The van der Waals surface area contributed by atoms with Gasteiger partial charge in [0, 0.05) is 24.2 Å². The number of hydrogen-bond acceptors (Lipinski definition) is 7. The summed E-state index contributed by atoms with van der Waals surface area (Å²) in [5.41, 5.74) is -0.419. The predicted octanol–water partition coefficient (Wildman–Crippen LogP) is 4.25. The average molecular weight is 369 g/mol. The van der Waals surface area contributed by atoms with Crippen molar-refractivity contribution in [3.05, 3.63) is 55.9 Å². The van der Waals surface area contributed by atoms with Crippen molar-refractivity contribution in [1.82, 2.24) is 4.57 Å². The molecule has 0 amide bonds. The molecule has 0 unspecified atom stereocenters. The number of unbranched alkanes of at least 4 members (excludes halogenated alkanes) is 2. The van der Waals surface area contributed by atoms with Crippen molar-refractivity contribution < 1.29 is 10.0 Å². The molecule has 1 N–H and O–H groups in total. The van der Waals surface area contributed by atoms with Crippen molar-refractivity contribution in [1.29, 1.82) is 5.26 Å². The highest BCUT2D eigenvalue weighted by Gasteiger charge is 2.19. The van der Waals surface area contributed by atoms with Crippen LogP contribution in [0.2, 0.25) is 0 Å². The molecule has 0 spiro atoms. The van der Waals surface area contributed by atoms with Crippen molar-refractivity contribution in [2.45, 2.75) is 39.7 Å². The third-order valence-electron chi connectivity index (χ3n) is 4.06. The summed E-state index contributed by atoms with van der Waals surface area (Å²) in [7, 11) is 0. The molecular formula is C18H19N5O4.